The molecule has 13 heavy (non-hydrogen) atoms. The molecule has 1 heteroatoms. The van der Waals surface area contributed by atoms with Gasteiger partial charge in [0, 0.05) is 12.1 Å². The minimum atomic E-state index is 0.728. The Kier molecular flexibility index (Phi) is 2.73. The van der Waals surface area contributed by atoms with Gasteiger partial charge < -0.3 is 5.32 Å². The third-order valence-corrected chi connectivity index (χ3v) is 3.58. The van der Waals surface area contributed by atoms with E-state index in [1.54, 1.807) is 11.1 Å². The van der Waals surface area contributed by atoms with Gasteiger partial charge in [-0.25, -0.2) is 0 Å². The number of allylic oxidation sites excluding steroid dienone is 1. The summed E-state index contributed by atoms with van der Waals surface area (Å²) >= 11 is 0. The second-order valence-corrected chi connectivity index (χ2v) is 4.71. The Hall–Kier alpha value is -0.300. The van der Waals surface area contributed by atoms with Crippen LogP contribution in [0.2, 0.25) is 0 Å². The van der Waals surface area contributed by atoms with E-state index in [-0.39, 0.29) is 0 Å². The highest BCUT2D eigenvalue weighted by Gasteiger charge is 2.24. The molecule has 0 radical (unpaired) electrons. The molecule has 1 aliphatic heterocycles. The predicted molar refractivity (Wildman–Crippen MR) is 56.8 cm³/mol. The van der Waals surface area contributed by atoms with Crippen LogP contribution in [0.15, 0.2) is 11.1 Å². The zero-order valence-electron chi connectivity index (χ0n) is 8.90. The van der Waals surface area contributed by atoms with E-state index in [0.29, 0.717) is 0 Å². The summed E-state index contributed by atoms with van der Waals surface area (Å²) in [6.45, 7) is 4.64. The van der Waals surface area contributed by atoms with Gasteiger partial charge in [-0.2, -0.15) is 0 Å². The van der Waals surface area contributed by atoms with E-state index < -0.39 is 0 Å². The SMILES string of the molecule is CC1=C(C2CCCC(C)N2)CCC1. The Morgan fingerprint density at radius 2 is 2.00 bits per heavy atom. The molecule has 1 N–H and O–H groups in total. The highest BCUT2D eigenvalue weighted by Crippen LogP contribution is 2.31. The Balaban J connectivity index is 2.03. The van der Waals surface area contributed by atoms with Gasteiger partial charge in [0.15, 0.2) is 0 Å². The fourth-order valence-corrected chi connectivity index (χ4v) is 2.80. The lowest BCUT2D eigenvalue weighted by atomic mass is 9.92. The van der Waals surface area contributed by atoms with E-state index in [4.69, 9.17) is 0 Å². The van der Waals surface area contributed by atoms with E-state index in [0.717, 1.165) is 12.1 Å². The van der Waals surface area contributed by atoms with Gasteiger partial charge >= 0.3 is 0 Å². The van der Waals surface area contributed by atoms with Crippen LogP contribution in [-0.4, -0.2) is 12.1 Å². The van der Waals surface area contributed by atoms with E-state index in [2.05, 4.69) is 19.2 Å². The van der Waals surface area contributed by atoms with E-state index in [1.165, 1.54) is 38.5 Å². The molecule has 2 atom stereocenters. The molecule has 1 saturated heterocycles. The Bertz CT molecular complexity index is 217. The van der Waals surface area contributed by atoms with Crippen LogP contribution in [0, 0.1) is 0 Å². The fraction of sp³-hybridized carbons (Fsp3) is 0.833. The highest BCUT2D eigenvalue weighted by molar-refractivity contribution is 5.23. The van der Waals surface area contributed by atoms with Crippen LogP contribution >= 0.6 is 0 Å². The molecule has 0 spiro atoms. The minimum Gasteiger partial charge on any atom is -0.308 e. The summed E-state index contributed by atoms with van der Waals surface area (Å²) in [4.78, 5) is 0. The molecule has 2 aliphatic rings. The summed E-state index contributed by atoms with van der Waals surface area (Å²) in [6.07, 6.45) is 8.25. The van der Waals surface area contributed by atoms with Crippen LogP contribution in [0.4, 0.5) is 0 Å². The van der Waals surface area contributed by atoms with Crippen LogP contribution in [-0.2, 0) is 0 Å². The van der Waals surface area contributed by atoms with Crippen molar-refractivity contribution >= 4 is 0 Å². The largest absolute Gasteiger partial charge is 0.308 e. The van der Waals surface area contributed by atoms with Gasteiger partial charge in [-0.1, -0.05) is 17.6 Å². The number of piperidine rings is 1. The maximum Gasteiger partial charge on any atom is 0.0284 e. The lowest BCUT2D eigenvalue weighted by Gasteiger charge is -2.30. The Morgan fingerprint density at radius 1 is 1.15 bits per heavy atom. The van der Waals surface area contributed by atoms with Crippen molar-refractivity contribution in [2.75, 3.05) is 0 Å². The molecule has 2 unspecified atom stereocenters. The standard InChI is InChI=1S/C12H21N/c1-9-5-3-7-11(9)12-8-4-6-10(2)13-12/h10,12-13H,3-8H2,1-2H3. The van der Waals surface area contributed by atoms with E-state index in [1.807, 2.05) is 0 Å². The minimum absolute atomic E-state index is 0.728. The van der Waals surface area contributed by atoms with Crippen molar-refractivity contribution < 1.29 is 0 Å². The van der Waals surface area contributed by atoms with Crippen molar-refractivity contribution in [3.05, 3.63) is 11.1 Å². The molecule has 1 nitrogen and oxygen atoms in total. The zero-order valence-corrected chi connectivity index (χ0v) is 8.90. The average molecular weight is 179 g/mol. The van der Waals surface area contributed by atoms with Crippen LogP contribution in [0.1, 0.15) is 52.4 Å². The van der Waals surface area contributed by atoms with Crippen molar-refractivity contribution in [3.8, 4) is 0 Å². The van der Waals surface area contributed by atoms with Gasteiger partial charge in [-0.3, -0.25) is 0 Å². The first-order valence-electron chi connectivity index (χ1n) is 5.72. The summed E-state index contributed by atoms with van der Waals surface area (Å²) in [5, 5.41) is 3.73. The van der Waals surface area contributed by atoms with Gasteiger partial charge in [0.1, 0.15) is 0 Å². The number of rotatable bonds is 1. The maximum absolute atomic E-state index is 3.73. The molecular weight excluding hydrogens is 158 g/mol. The van der Waals surface area contributed by atoms with Crippen LogP contribution in [0.25, 0.3) is 0 Å². The summed E-state index contributed by atoms with van der Waals surface area (Å²) in [5.41, 5.74) is 3.41. The first-order valence-corrected chi connectivity index (χ1v) is 5.72. The average Bonchev–Trinajstić information content (AvgIpc) is 2.51. The van der Waals surface area contributed by atoms with E-state index >= 15 is 0 Å². The smallest absolute Gasteiger partial charge is 0.0284 e. The molecule has 0 amide bonds. The third kappa shape index (κ3) is 1.96. The van der Waals surface area contributed by atoms with Crippen molar-refractivity contribution in [3.63, 3.8) is 0 Å². The third-order valence-electron chi connectivity index (χ3n) is 3.58. The first-order chi connectivity index (χ1) is 6.27. The molecule has 1 aliphatic carbocycles. The van der Waals surface area contributed by atoms with Crippen LogP contribution < -0.4 is 5.32 Å². The van der Waals surface area contributed by atoms with E-state index in [9.17, 15) is 0 Å². The summed E-state index contributed by atoms with van der Waals surface area (Å²) in [6, 6.07) is 1.46. The number of hydrogen-bond acceptors (Lipinski definition) is 1. The predicted octanol–water partition coefficient (Wildman–Crippen LogP) is 3.02. The number of nitrogens with one attached hydrogen (secondary N) is 1. The molecule has 0 aromatic rings. The summed E-state index contributed by atoms with van der Waals surface area (Å²) in [5.74, 6) is 0. The van der Waals surface area contributed by atoms with Gasteiger partial charge in [-0.15, -0.1) is 0 Å². The monoisotopic (exact) mass is 179 g/mol. The first kappa shape index (κ1) is 9.26. The van der Waals surface area contributed by atoms with Crippen LogP contribution in [0.3, 0.4) is 0 Å². The second kappa shape index (κ2) is 3.83. The van der Waals surface area contributed by atoms with Crippen molar-refractivity contribution in [2.24, 2.45) is 0 Å². The normalized spacial score (nSPS) is 35.5. The zero-order chi connectivity index (χ0) is 9.26. The molecular formula is C12H21N. The highest BCUT2D eigenvalue weighted by atomic mass is 15.0. The molecule has 0 aromatic heterocycles. The summed E-state index contributed by atoms with van der Waals surface area (Å²) < 4.78 is 0. The van der Waals surface area contributed by atoms with Gasteiger partial charge in [0.2, 0.25) is 0 Å². The molecule has 0 bridgehead atoms. The molecule has 1 fully saturated rings. The molecule has 74 valence electrons. The quantitative estimate of drug-likeness (QED) is 0.610. The Morgan fingerprint density at radius 3 is 2.62 bits per heavy atom. The lowest BCUT2D eigenvalue weighted by Crippen LogP contribution is -2.41. The number of hydrogen-bond donors (Lipinski definition) is 1. The summed E-state index contributed by atoms with van der Waals surface area (Å²) in [7, 11) is 0. The topological polar surface area (TPSA) is 12.0 Å². The van der Waals surface area contributed by atoms with Crippen molar-refractivity contribution in [1.82, 2.24) is 5.32 Å². The van der Waals surface area contributed by atoms with Crippen LogP contribution in [0.5, 0.6) is 0 Å². The molecule has 2 rings (SSSR count). The van der Waals surface area contributed by atoms with Gasteiger partial charge in [0.05, 0.1) is 0 Å². The van der Waals surface area contributed by atoms with Crippen molar-refractivity contribution in [1.29, 1.82) is 0 Å². The lowest BCUT2D eigenvalue weighted by molar-refractivity contribution is 0.360. The molecule has 0 aromatic carbocycles. The Labute approximate surface area is 81.6 Å². The molecule has 0 saturated carbocycles. The van der Waals surface area contributed by atoms with Crippen molar-refractivity contribution in [2.45, 2.75) is 64.5 Å². The maximum atomic E-state index is 3.73. The second-order valence-electron chi connectivity index (χ2n) is 4.71. The molecule has 1 heterocycles. The van der Waals surface area contributed by atoms with Gasteiger partial charge in [-0.05, 0) is 46.0 Å². The van der Waals surface area contributed by atoms with Gasteiger partial charge in [0.25, 0.3) is 0 Å². The fourth-order valence-electron chi connectivity index (χ4n) is 2.80.